The molecule has 0 fully saturated rings. The molecule has 0 unspecified atom stereocenters. The van der Waals surface area contributed by atoms with Gasteiger partial charge >= 0.3 is 5.97 Å². The van der Waals surface area contributed by atoms with Gasteiger partial charge in [0, 0.05) is 17.5 Å². The van der Waals surface area contributed by atoms with E-state index in [4.69, 9.17) is 9.84 Å². The van der Waals surface area contributed by atoms with Gasteiger partial charge in [0.25, 0.3) is 0 Å². The molecule has 0 aliphatic carbocycles. The van der Waals surface area contributed by atoms with Crippen molar-refractivity contribution < 1.29 is 19.4 Å². The Morgan fingerprint density at radius 1 is 1.45 bits per heavy atom. The van der Waals surface area contributed by atoms with Gasteiger partial charge in [0.1, 0.15) is 5.75 Å². The molecular weight excluding hydrogens is 286 g/mol. The number of amides is 1. The molecule has 0 saturated carbocycles. The van der Waals surface area contributed by atoms with Gasteiger partial charge in [-0.3, -0.25) is 9.89 Å². The van der Waals surface area contributed by atoms with Crippen LogP contribution in [0.3, 0.4) is 0 Å². The standard InChI is InChI=1S/C15H15N3O4/c1-2-13(19)18-7-9-6-16-17-15(9)11-5-10(3-4-12(11)18)22-8-14(20)21/h3-6H,2,7-8H2,1H3,(H,16,17)(H,20,21). The molecule has 7 heteroatoms. The molecule has 114 valence electrons. The Kier molecular flexibility index (Phi) is 3.54. The van der Waals surface area contributed by atoms with Crippen molar-refractivity contribution in [3.8, 4) is 17.0 Å². The predicted octanol–water partition coefficient (Wildman–Crippen LogP) is 1.80. The van der Waals surface area contributed by atoms with Gasteiger partial charge in [0.15, 0.2) is 6.61 Å². The maximum Gasteiger partial charge on any atom is 0.341 e. The number of carboxylic acid groups (broad SMARTS) is 1. The molecular formula is C15H15N3O4. The van der Waals surface area contributed by atoms with Crippen LogP contribution in [0.25, 0.3) is 11.3 Å². The Bertz CT molecular complexity index is 738. The maximum atomic E-state index is 12.1. The van der Waals surface area contributed by atoms with Crippen LogP contribution in [0.5, 0.6) is 5.75 Å². The third-order valence-electron chi connectivity index (χ3n) is 3.54. The number of nitrogens with zero attached hydrogens (tertiary/aromatic N) is 2. The van der Waals surface area contributed by atoms with E-state index in [2.05, 4.69) is 10.2 Å². The first-order valence-corrected chi connectivity index (χ1v) is 6.91. The lowest BCUT2D eigenvalue weighted by molar-refractivity contribution is -0.139. The van der Waals surface area contributed by atoms with E-state index < -0.39 is 12.6 Å². The van der Waals surface area contributed by atoms with Crippen LogP contribution in [0.4, 0.5) is 5.69 Å². The topological polar surface area (TPSA) is 95.5 Å². The molecule has 0 radical (unpaired) electrons. The fourth-order valence-electron chi connectivity index (χ4n) is 2.52. The highest BCUT2D eigenvalue weighted by Gasteiger charge is 2.27. The van der Waals surface area contributed by atoms with Crippen LogP contribution in [0, 0.1) is 0 Å². The number of H-pyrrole nitrogens is 1. The summed E-state index contributed by atoms with van der Waals surface area (Å²) in [6.07, 6.45) is 2.10. The first-order chi connectivity index (χ1) is 10.6. The number of anilines is 1. The lowest BCUT2D eigenvalue weighted by atomic mass is 9.99. The number of aromatic amines is 1. The van der Waals surface area contributed by atoms with E-state index >= 15 is 0 Å². The average molecular weight is 301 g/mol. The lowest BCUT2D eigenvalue weighted by Crippen LogP contribution is -2.32. The zero-order valence-electron chi connectivity index (χ0n) is 12.0. The van der Waals surface area contributed by atoms with Crippen molar-refractivity contribution in [2.24, 2.45) is 0 Å². The molecule has 0 atom stereocenters. The highest BCUT2D eigenvalue weighted by molar-refractivity contribution is 5.99. The van der Waals surface area contributed by atoms with Crippen molar-refractivity contribution in [3.05, 3.63) is 30.0 Å². The molecule has 0 bridgehead atoms. The van der Waals surface area contributed by atoms with Crippen molar-refractivity contribution in [2.75, 3.05) is 11.5 Å². The zero-order valence-corrected chi connectivity index (χ0v) is 12.0. The fraction of sp³-hybridized carbons (Fsp3) is 0.267. The van der Waals surface area contributed by atoms with Crippen LogP contribution < -0.4 is 9.64 Å². The van der Waals surface area contributed by atoms with E-state index in [0.29, 0.717) is 18.7 Å². The second-order valence-corrected chi connectivity index (χ2v) is 4.97. The summed E-state index contributed by atoms with van der Waals surface area (Å²) in [5, 5.41) is 15.6. The van der Waals surface area contributed by atoms with Crippen LogP contribution in [-0.2, 0) is 16.1 Å². The summed E-state index contributed by atoms with van der Waals surface area (Å²) >= 11 is 0. The highest BCUT2D eigenvalue weighted by atomic mass is 16.5. The number of carboxylic acids is 1. The van der Waals surface area contributed by atoms with Gasteiger partial charge in [-0.1, -0.05) is 6.92 Å². The average Bonchev–Trinajstić information content (AvgIpc) is 2.99. The molecule has 0 spiro atoms. The number of rotatable bonds is 4. The molecule has 7 nitrogen and oxygen atoms in total. The van der Waals surface area contributed by atoms with Gasteiger partial charge < -0.3 is 14.7 Å². The Labute approximate surface area is 126 Å². The zero-order chi connectivity index (χ0) is 15.7. The number of fused-ring (bicyclic) bond motifs is 3. The molecule has 2 N–H and O–H groups in total. The van der Waals surface area contributed by atoms with E-state index in [9.17, 15) is 9.59 Å². The van der Waals surface area contributed by atoms with Crippen molar-refractivity contribution in [1.82, 2.24) is 10.2 Å². The molecule has 1 amide bonds. The van der Waals surface area contributed by atoms with Gasteiger partial charge in [0.2, 0.25) is 5.91 Å². The Morgan fingerprint density at radius 2 is 2.27 bits per heavy atom. The summed E-state index contributed by atoms with van der Waals surface area (Å²) in [7, 11) is 0. The quantitative estimate of drug-likeness (QED) is 0.897. The molecule has 1 aliphatic heterocycles. The summed E-state index contributed by atoms with van der Waals surface area (Å²) in [5.74, 6) is -0.581. The number of aliphatic carboxylic acids is 1. The molecule has 1 aliphatic rings. The summed E-state index contributed by atoms with van der Waals surface area (Å²) < 4.78 is 5.21. The van der Waals surface area contributed by atoms with Crippen molar-refractivity contribution in [3.63, 3.8) is 0 Å². The third kappa shape index (κ3) is 2.41. The SMILES string of the molecule is CCC(=O)N1Cc2cn[nH]c2-c2cc(OCC(=O)O)ccc21. The van der Waals surface area contributed by atoms with Gasteiger partial charge in [0.05, 0.1) is 24.1 Å². The second kappa shape index (κ2) is 5.51. The molecule has 1 aromatic heterocycles. The van der Waals surface area contributed by atoms with Gasteiger partial charge in [-0.2, -0.15) is 5.10 Å². The van der Waals surface area contributed by atoms with Gasteiger partial charge in [-0.25, -0.2) is 4.79 Å². The van der Waals surface area contributed by atoms with Crippen molar-refractivity contribution >= 4 is 17.6 Å². The number of ether oxygens (including phenoxy) is 1. The molecule has 22 heavy (non-hydrogen) atoms. The summed E-state index contributed by atoms with van der Waals surface area (Å²) in [5.41, 5.74) is 3.30. The number of carbonyl (C=O) groups excluding carboxylic acids is 1. The normalized spacial score (nSPS) is 12.5. The van der Waals surface area contributed by atoms with E-state index in [0.717, 1.165) is 22.5 Å². The monoisotopic (exact) mass is 301 g/mol. The fourth-order valence-corrected chi connectivity index (χ4v) is 2.52. The summed E-state index contributed by atoms with van der Waals surface area (Å²) in [4.78, 5) is 24.5. The predicted molar refractivity (Wildman–Crippen MR) is 78.6 cm³/mol. The van der Waals surface area contributed by atoms with Gasteiger partial charge in [-0.15, -0.1) is 0 Å². The lowest BCUT2D eigenvalue weighted by Gasteiger charge is -2.29. The second-order valence-electron chi connectivity index (χ2n) is 4.97. The van der Waals surface area contributed by atoms with Crippen LogP contribution in [0.1, 0.15) is 18.9 Å². The van der Waals surface area contributed by atoms with Crippen LogP contribution in [0.15, 0.2) is 24.4 Å². The highest BCUT2D eigenvalue weighted by Crippen LogP contribution is 2.40. The minimum atomic E-state index is -1.04. The molecule has 3 rings (SSSR count). The first kappa shape index (κ1) is 14.1. The Morgan fingerprint density at radius 3 is 3.00 bits per heavy atom. The van der Waals surface area contributed by atoms with Crippen molar-refractivity contribution in [2.45, 2.75) is 19.9 Å². The number of benzene rings is 1. The van der Waals surface area contributed by atoms with E-state index in [1.54, 1.807) is 29.3 Å². The molecule has 1 aromatic carbocycles. The number of hydrogen-bond acceptors (Lipinski definition) is 4. The number of aromatic nitrogens is 2. The van der Waals surface area contributed by atoms with E-state index in [-0.39, 0.29) is 5.91 Å². The number of carbonyl (C=O) groups is 2. The largest absolute Gasteiger partial charge is 0.482 e. The Hall–Kier alpha value is -2.83. The first-order valence-electron chi connectivity index (χ1n) is 6.91. The summed E-state index contributed by atoms with van der Waals surface area (Å²) in [6.45, 7) is 1.88. The van der Waals surface area contributed by atoms with Crippen LogP contribution in [0.2, 0.25) is 0 Å². The van der Waals surface area contributed by atoms with Crippen molar-refractivity contribution in [1.29, 1.82) is 0 Å². The summed E-state index contributed by atoms with van der Waals surface area (Å²) in [6, 6.07) is 5.16. The number of hydrogen-bond donors (Lipinski definition) is 2. The minimum Gasteiger partial charge on any atom is -0.482 e. The molecule has 2 aromatic rings. The van der Waals surface area contributed by atoms with E-state index in [1.807, 2.05) is 6.92 Å². The van der Waals surface area contributed by atoms with E-state index in [1.165, 1.54) is 0 Å². The smallest absolute Gasteiger partial charge is 0.341 e. The molecule has 0 saturated heterocycles. The maximum absolute atomic E-state index is 12.1. The third-order valence-corrected chi connectivity index (χ3v) is 3.54. The van der Waals surface area contributed by atoms with Crippen LogP contribution >= 0.6 is 0 Å². The Balaban J connectivity index is 2.02. The molecule has 2 heterocycles. The van der Waals surface area contributed by atoms with Crippen LogP contribution in [-0.4, -0.2) is 33.8 Å². The minimum absolute atomic E-state index is 0.0207. The van der Waals surface area contributed by atoms with Gasteiger partial charge in [-0.05, 0) is 18.2 Å². The number of nitrogens with one attached hydrogen (secondary N) is 1.